The lowest BCUT2D eigenvalue weighted by Crippen LogP contribution is -2.00. The largest absolute Gasteiger partial charge is 0.298 e. The van der Waals surface area contributed by atoms with E-state index in [1.165, 1.54) is 0 Å². The molecule has 0 spiro atoms. The van der Waals surface area contributed by atoms with Crippen molar-refractivity contribution in [2.24, 2.45) is 0 Å². The minimum absolute atomic E-state index is 0.177. The highest BCUT2D eigenvalue weighted by molar-refractivity contribution is 6.36. The van der Waals surface area contributed by atoms with Crippen LogP contribution in [0.25, 0.3) is 10.9 Å². The summed E-state index contributed by atoms with van der Waals surface area (Å²) in [6.07, 6.45) is 0.755. The third-order valence-corrected chi connectivity index (χ3v) is 3.29. The third-order valence-electron chi connectivity index (χ3n) is 2.69. The number of fused-ring (bicyclic) bond motifs is 1. The number of carbonyl (C=O) groups is 1. The molecule has 0 amide bonds. The molecule has 0 fully saturated rings. The molecule has 0 bridgehead atoms. The molecule has 4 heteroatoms. The molecule has 2 aromatic rings. The van der Waals surface area contributed by atoms with Gasteiger partial charge in [-0.25, -0.2) is 4.98 Å². The van der Waals surface area contributed by atoms with Crippen LogP contribution in [0.3, 0.4) is 0 Å². The SMILES string of the molecule is CC(C)c1c(C=O)c(Cl)nc2c(Cl)cccc12. The van der Waals surface area contributed by atoms with Gasteiger partial charge >= 0.3 is 0 Å². The van der Waals surface area contributed by atoms with Crippen molar-refractivity contribution in [2.45, 2.75) is 19.8 Å². The van der Waals surface area contributed by atoms with Crippen molar-refractivity contribution in [3.63, 3.8) is 0 Å². The van der Waals surface area contributed by atoms with Crippen molar-refractivity contribution >= 4 is 40.4 Å². The van der Waals surface area contributed by atoms with Crippen LogP contribution < -0.4 is 0 Å². The van der Waals surface area contributed by atoms with Crippen LogP contribution in [0.1, 0.15) is 35.7 Å². The predicted molar refractivity (Wildman–Crippen MR) is 71.2 cm³/mol. The Labute approximate surface area is 110 Å². The fourth-order valence-electron chi connectivity index (χ4n) is 2.00. The molecular formula is C13H11Cl2NO. The monoisotopic (exact) mass is 267 g/mol. The molecule has 2 nitrogen and oxygen atoms in total. The Bertz CT molecular complexity index is 593. The van der Waals surface area contributed by atoms with E-state index in [0.717, 1.165) is 17.2 Å². The summed E-state index contributed by atoms with van der Waals surface area (Å²) in [6.45, 7) is 4.03. The average molecular weight is 268 g/mol. The fraction of sp³-hybridized carbons (Fsp3) is 0.231. The number of pyridine rings is 1. The second-order valence-electron chi connectivity index (χ2n) is 4.14. The highest BCUT2D eigenvalue weighted by Gasteiger charge is 2.17. The van der Waals surface area contributed by atoms with Crippen molar-refractivity contribution in [3.8, 4) is 0 Å². The summed E-state index contributed by atoms with van der Waals surface area (Å²) in [7, 11) is 0. The zero-order valence-electron chi connectivity index (χ0n) is 9.50. The van der Waals surface area contributed by atoms with E-state index >= 15 is 0 Å². The predicted octanol–water partition coefficient (Wildman–Crippen LogP) is 4.48. The van der Waals surface area contributed by atoms with E-state index in [0.29, 0.717) is 16.1 Å². The summed E-state index contributed by atoms with van der Waals surface area (Å²) in [5.41, 5.74) is 2.00. The van der Waals surface area contributed by atoms with Crippen LogP contribution in [0.4, 0.5) is 0 Å². The Hall–Kier alpha value is -1.12. The molecule has 0 N–H and O–H groups in total. The van der Waals surface area contributed by atoms with Gasteiger partial charge in [0.15, 0.2) is 6.29 Å². The first-order chi connectivity index (χ1) is 8.06. The van der Waals surface area contributed by atoms with Gasteiger partial charge in [-0.1, -0.05) is 49.2 Å². The van der Waals surface area contributed by atoms with Gasteiger partial charge in [-0.15, -0.1) is 0 Å². The first kappa shape index (κ1) is 12.3. The van der Waals surface area contributed by atoms with Gasteiger partial charge in [0.25, 0.3) is 0 Å². The molecule has 0 radical (unpaired) electrons. The molecule has 1 aromatic heterocycles. The van der Waals surface area contributed by atoms with Crippen LogP contribution in [0.15, 0.2) is 18.2 Å². The van der Waals surface area contributed by atoms with Crippen LogP contribution in [0, 0.1) is 0 Å². The van der Waals surface area contributed by atoms with E-state index in [1.807, 2.05) is 26.0 Å². The maximum absolute atomic E-state index is 11.1. The topological polar surface area (TPSA) is 30.0 Å². The molecule has 0 atom stereocenters. The van der Waals surface area contributed by atoms with Gasteiger partial charge in [0.1, 0.15) is 5.15 Å². The van der Waals surface area contributed by atoms with Crippen molar-refractivity contribution in [1.82, 2.24) is 4.98 Å². The third kappa shape index (κ3) is 2.03. The van der Waals surface area contributed by atoms with E-state index in [4.69, 9.17) is 23.2 Å². The second kappa shape index (κ2) is 4.63. The lowest BCUT2D eigenvalue weighted by Gasteiger charge is -2.14. The van der Waals surface area contributed by atoms with Crippen LogP contribution >= 0.6 is 23.2 Å². The van der Waals surface area contributed by atoms with Gasteiger partial charge in [-0.2, -0.15) is 0 Å². The van der Waals surface area contributed by atoms with Crippen LogP contribution in [-0.4, -0.2) is 11.3 Å². The van der Waals surface area contributed by atoms with Gasteiger partial charge in [0, 0.05) is 5.39 Å². The van der Waals surface area contributed by atoms with Crippen LogP contribution in [0.2, 0.25) is 10.2 Å². The number of aldehydes is 1. The van der Waals surface area contributed by atoms with E-state index in [2.05, 4.69) is 4.98 Å². The molecule has 0 aliphatic carbocycles. The van der Waals surface area contributed by atoms with Gasteiger partial charge in [0.05, 0.1) is 16.1 Å². The second-order valence-corrected chi connectivity index (χ2v) is 4.90. The average Bonchev–Trinajstić information content (AvgIpc) is 2.28. The molecule has 0 saturated carbocycles. The summed E-state index contributed by atoms with van der Waals surface area (Å²) in [5.74, 6) is 0.177. The molecular weight excluding hydrogens is 257 g/mol. The maximum atomic E-state index is 11.1. The highest BCUT2D eigenvalue weighted by Crippen LogP contribution is 2.33. The van der Waals surface area contributed by atoms with Crippen LogP contribution in [0.5, 0.6) is 0 Å². The Morgan fingerprint density at radius 3 is 2.59 bits per heavy atom. The van der Waals surface area contributed by atoms with Gasteiger partial charge in [0.2, 0.25) is 0 Å². The highest BCUT2D eigenvalue weighted by atomic mass is 35.5. The summed E-state index contributed by atoms with van der Waals surface area (Å²) in [6, 6.07) is 5.52. The number of nitrogens with zero attached hydrogens (tertiary/aromatic N) is 1. The number of benzene rings is 1. The fourth-order valence-corrected chi connectivity index (χ4v) is 2.44. The molecule has 1 aromatic carbocycles. The van der Waals surface area contributed by atoms with Crippen molar-refractivity contribution in [2.75, 3.05) is 0 Å². The lowest BCUT2D eigenvalue weighted by atomic mass is 9.94. The standard InChI is InChI=1S/C13H11Cl2NO/c1-7(2)11-8-4-3-5-10(14)12(8)16-13(15)9(11)6-17/h3-7H,1-2H3. The zero-order valence-corrected chi connectivity index (χ0v) is 11.0. The number of para-hydroxylation sites is 1. The number of carbonyl (C=O) groups excluding carboxylic acids is 1. The molecule has 0 saturated heterocycles. The molecule has 0 unspecified atom stereocenters. The minimum Gasteiger partial charge on any atom is -0.298 e. The number of aromatic nitrogens is 1. The Morgan fingerprint density at radius 1 is 1.29 bits per heavy atom. The maximum Gasteiger partial charge on any atom is 0.153 e. The minimum atomic E-state index is 0.177. The molecule has 17 heavy (non-hydrogen) atoms. The van der Waals surface area contributed by atoms with E-state index < -0.39 is 0 Å². The Kier molecular flexibility index (Phi) is 3.36. The molecule has 0 aliphatic rings. The summed E-state index contributed by atoms with van der Waals surface area (Å²) >= 11 is 12.1. The molecule has 0 aliphatic heterocycles. The van der Waals surface area contributed by atoms with E-state index in [1.54, 1.807) is 6.07 Å². The van der Waals surface area contributed by atoms with Gasteiger partial charge in [-0.3, -0.25) is 4.79 Å². The zero-order chi connectivity index (χ0) is 12.6. The first-order valence-electron chi connectivity index (χ1n) is 5.29. The summed E-state index contributed by atoms with van der Waals surface area (Å²) in [4.78, 5) is 15.3. The molecule has 1 heterocycles. The Balaban J connectivity index is 2.98. The number of rotatable bonds is 2. The number of hydrogen-bond acceptors (Lipinski definition) is 2. The lowest BCUT2D eigenvalue weighted by molar-refractivity contribution is 0.112. The smallest absolute Gasteiger partial charge is 0.153 e. The Morgan fingerprint density at radius 2 is 2.00 bits per heavy atom. The molecule has 2 rings (SSSR count). The first-order valence-corrected chi connectivity index (χ1v) is 6.04. The molecule has 88 valence electrons. The van der Waals surface area contributed by atoms with Crippen molar-refractivity contribution in [1.29, 1.82) is 0 Å². The van der Waals surface area contributed by atoms with Crippen LogP contribution in [-0.2, 0) is 0 Å². The van der Waals surface area contributed by atoms with Gasteiger partial charge in [-0.05, 0) is 17.5 Å². The van der Waals surface area contributed by atoms with Crippen molar-refractivity contribution < 1.29 is 4.79 Å². The van der Waals surface area contributed by atoms with Crippen molar-refractivity contribution in [3.05, 3.63) is 39.5 Å². The summed E-state index contributed by atoms with van der Waals surface area (Å²) in [5, 5.41) is 1.65. The number of halogens is 2. The van der Waals surface area contributed by atoms with E-state index in [-0.39, 0.29) is 11.1 Å². The quantitative estimate of drug-likeness (QED) is 0.593. The van der Waals surface area contributed by atoms with Gasteiger partial charge < -0.3 is 0 Å². The summed E-state index contributed by atoms with van der Waals surface area (Å²) < 4.78 is 0. The van der Waals surface area contributed by atoms with E-state index in [9.17, 15) is 4.79 Å². The normalized spacial score (nSPS) is 11.1. The number of hydrogen-bond donors (Lipinski definition) is 0.